The first-order valence-electron chi connectivity index (χ1n) is 12.5. The zero-order valence-electron chi connectivity index (χ0n) is 20.6. The minimum absolute atomic E-state index is 0.172. The van der Waals surface area contributed by atoms with Crippen molar-refractivity contribution < 1.29 is 13.2 Å². The van der Waals surface area contributed by atoms with E-state index in [0.29, 0.717) is 28.7 Å². The molecule has 1 aliphatic heterocycles. The molecule has 192 valence electrons. The van der Waals surface area contributed by atoms with Crippen molar-refractivity contribution in [1.29, 1.82) is 0 Å². The molecular weight excluding hydrogens is 523 g/mol. The van der Waals surface area contributed by atoms with Gasteiger partial charge in [-0.15, -0.1) is 22.7 Å². The van der Waals surface area contributed by atoms with Crippen molar-refractivity contribution in [3.8, 4) is 22.4 Å². The maximum atomic E-state index is 13.2. The second-order valence-electron chi connectivity index (χ2n) is 9.11. The Hall–Kier alpha value is -2.85. The number of thiazole rings is 1. The highest BCUT2D eigenvalue weighted by Crippen LogP contribution is 2.34. The van der Waals surface area contributed by atoms with Crippen LogP contribution in [0.5, 0.6) is 0 Å². The highest BCUT2D eigenvalue weighted by atomic mass is 32.2. The number of amides is 1. The van der Waals surface area contributed by atoms with Crippen LogP contribution in [0, 0.1) is 5.92 Å². The lowest BCUT2D eigenvalue weighted by Crippen LogP contribution is -2.43. The molecule has 1 amide bonds. The highest BCUT2D eigenvalue weighted by molar-refractivity contribution is 7.91. The predicted octanol–water partition coefficient (Wildman–Crippen LogP) is 6.53. The molecule has 6 nitrogen and oxygen atoms in total. The van der Waals surface area contributed by atoms with Crippen molar-refractivity contribution in [3.63, 3.8) is 0 Å². The summed E-state index contributed by atoms with van der Waals surface area (Å²) in [5.41, 5.74) is 4.22. The number of rotatable bonds is 8. The van der Waals surface area contributed by atoms with E-state index in [0.717, 1.165) is 40.1 Å². The first-order chi connectivity index (χ1) is 18.0. The van der Waals surface area contributed by atoms with E-state index >= 15 is 0 Å². The average Bonchev–Trinajstić information content (AvgIpc) is 3.61. The molecule has 2 aromatic carbocycles. The number of carbonyl (C=O) groups excluding carboxylic acids is 1. The Bertz CT molecular complexity index is 1450. The third kappa shape index (κ3) is 5.70. The summed E-state index contributed by atoms with van der Waals surface area (Å²) in [4.78, 5) is 19.1. The number of piperidine rings is 1. The van der Waals surface area contributed by atoms with Crippen molar-refractivity contribution >= 4 is 43.7 Å². The number of sulfonamides is 1. The molecule has 37 heavy (non-hydrogen) atoms. The van der Waals surface area contributed by atoms with Gasteiger partial charge in [-0.25, -0.2) is 13.4 Å². The van der Waals surface area contributed by atoms with E-state index in [4.69, 9.17) is 4.98 Å². The van der Waals surface area contributed by atoms with Crippen molar-refractivity contribution in [2.24, 2.45) is 5.92 Å². The van der Waals surface area contributed by atoms with Crippen LogP contribution >= 0.6 is 22.7 Å². The first kappa shape index (κ1) is 25.8. The number of benzene rings is 2. The summed E-state index contributed by atoms with van der Waals surface area (Å²) in [6, 6.07) is 21.9. The molecule has 0 radical (unpaired) electrons. The fraction of sp³-hybridized carbons (Fsp3) is 0.286. The molecule has 1 N–H and O–H groups in total. The van der Waals surface area contributed by atoms with Crippen molar-refractivity contribution in [3.05, 3.63) is 77.0 Å². The molecule has 0 bridgehead atoms. The highest BCUT2D eigenvalue weighted by Gasteiger charge is 2.34. The van der Waals surface area contributed by atoms with Gasteiger partial charge in [0.05, 0.1) is 11.6 Å². The normalized spacial score (nSPS) is 16.5. The van der Waals surface area contributed by atoms with Gasteiger partial charge in [0.1, 0.15) is 4.21 Å². The molecule has 1 aliphatic rings. The zero-order chi connectivity index (χ0) is 25.8. The average molecular weight is 552 g/mol. The molecule has 1 unspecified atom stereocenters. The largest absolute Gasteiger partial charge is 0.302 e. The minimum Gasteiger partial charge on any atom is -0.302 e. The number of nitrogens with zero attached hydrogens (tertiary/aromatic N) is 2. The minimum atomic E-state index is -3.57. The fourth-order valence-corrected chi connectivity index (χ4v) is 8.35. The van der Waals surface area contributed by atoms with E-state index in [-0.39, 0.29) is 12.5 Å². The molecule has 9 heteroatoms. The topological polar surface area (TPSA) is 79.4 Å². The van der Waals surface area contributed by atoms with Gasteiger partial charge >= 0.3 is 0 Å². The number of aryl methyl sites for hydroxylation is 1. The van der Waals surface area contributed by atoms with Crippen LogP contribution in [0.15, 0.2) is 76.3 Å². The summed E-state index contributed by atoms with van der Waals surface area (Å²) < 4.78 is 27.7. The fourth-order valence-electron chi connectivity index (χ4n) is 4.60. The van der Waals surface area contributed by atoms with Crippen molar-refractivity contribution in [1.82, 2.24) is 9.29 Å². The van der Waals surface area contributed by atoms with Gasteiger partial charge in [0.2, 0.25) is 5.91 Å². The van der Waals surface area contributed by atoms with Crippen LogP contribution in [0.3, 0.4) is 0 Å². The third-order valence-electron chi connectivity index (χ3n) is 6.51. The Morgan fingerprint density at radius 2 is 1.76 bits per heavy atom. The summed E-state index contributed by atoms with van der Waals surface area (Å²) >= 11 is 2.71. The van der Waals surface area contributed by atoms with Crippen LogP contribution in [0.2, 0.25) is 0 Å². The summed E-state index contributed by atoms with van der Waals surface area (Å²) in [7, 11) is -3.57. The van der Waals surface area contributed by atoms with Crippen molar-refractivity contribution in [2.45, 2.75) is 36.8 Å². The second-order valence-corrected chi connectivity index (χ2v) is 13.3. The molecular formula is C28H29N3O3S3. The molecule has 2 aromatic heterocycles. The molecule has 0 saturated carbocycles. The van der Waals surface area contributed by atoms with Gasteiger partial charge in [-0.05, 0) is 41.8 Å². The SMILES string of the molecule is CCCc1sc(NC(=O)C2CCCN(S(=O)(=O)c3cccs3)C2)nc1-c1ccc(-c2ccccc2)cc1. The molecule has 1 fully saturated rings. The quantitative estimate of drug-likeness (QED) is 0.270. The van der Waals surface area contributed by atoms with E-state index in [1.807, 2.05) is 18.2 Å². The second kappa shape index (κ2) is 11.3. The maximum Gasteiger partial charge on any atom is 0.252 e. The zero-order valence-corrected chi connectivity index (χ0v) is 23.0. The van der Waals surface area contributed by atoms with Gasteiger partial charge in [-0.1, -0.05) is 74.0 Å². The Labute approximate surface area is 226 Å². The monoisotopic (exact) mass is 551 g/mol. The maximum absolute atomic E-state index is 13.2. The van der Waals surface area contributed by atoms with Gasteiger partial charge < -0.3 is 5.32 Å². The number of aromatic nitrogens is 1. The lowest BCUT2D eigenvalue weighted by atomic mass is 9.99. The van der Waals surface area contributed by atoms with Crippen molar-refractivity contribution in [2.75, 3.05) is 18.4 Å². The van der Waals surface area contributed by atoms with Gasteiger partial charge in [-0.3, -0.25) is 4.79 Å². The smallest absolute Gasteiger partial charge is 0.252 e. The number of hydrogen-bond donors (Lipinski definition) is 1. The Morgan fingerprint density at radius 1 is 1.03 bits per heavy atom. The predicted molar refractivity (Wildman–Crippen MR) is 151 cm³/mol. The van der Waals surface area contributed by atoms with Crippen LogP contribution in [-0.2, 0) is 21.2 Å². The third-order valence-corrected chi connectivity index (χ3v) is 10.8. The molecule has 0 spiro atoms. The number of carbonyl (C=O) groups is 1. The van der Waals surface area contributed by atoms with Crippen LogP contribution in [-0.4, -0.2) is 36.7 Å². The number of hydrogen-bond acceptors (Lipinski definition) is 6. The summed E-state index contributed by atoms with van der Waals surface area (Å²) in [6.07, 6.45) is 3.16. The van der Waals surface area contributed by atoms with Gasteiger partial charge in [-0.2, -0.15) is 4.31 Å². The van der Waals surface area contributed by atoms with Crippen LogP contribution in [0.25, 0.3) is 22.4 Å². The Balaban J connectivity index is 1.32. The molecule has 4 aromatic rings. The molecule has 1 saturated heterocycles. The van der Waals surface area contributed by atoms with Crippen LogP contribution in [0.1, 0.15) is 31.1 Å². The molecule has 1 atom stereocenters. The summed E-state index contributed by atoms with van der Waals surface area (Å²) in [5.74, 6) is -0.579. The molecule has 0 aliphatic carbocycles. The first-order valence-corrected chi connectivity index (χ1v) is 15.6. The lowest BCUT2D eigenvalue weighted by molar-refractivity contribution is -0.120. The van der Waals surface area contributed by atoms with E-state index in [2.05, 4.69) is 48.6 Å². The lowest BCUT2D eigenvalue weighted by Gasteiger charge is -2.30. The van der Waals surface area contributed by atoms with E-state index in [1.54, 1.807) is 17.5 Å². The number of anilines is 1. The standard InChI is InChI=1S/C28H29N3O3S3/c1-2-8-24-26(22-15-13-21(14-16-22)20-9-4-3-5-10-20)29-28(36-24)30-27(32)23-11-6-17-31(19-23)37(33,34)25-12-7-18-35-25/h3-5,7,9-10,12-16,18,23H,2,6,8,11,17,19H2,1H3,(H,29,30,32). The molecule has 5 rings (SSSR count). The Morgan fingerprint density at radius 3 is 2.46 bits per heavy atom. The van der Waals surface area contributed by atoms with Gasteiger partial charge in [0.15, 0.2) is 5.13 Å². The van der Waals surface area contributed by atoms with Gasteiger partial charge in [0.25, 0.3) is 10.0 Å². The molecule has 3 heterocycles. The van der Waals surface area contributed by atoms with E-state index in [9.17, 15) is 13.2 Å². The van der Waals surface area contributed by atoms with E-state index in [1.165, 1.54) is 27.0 Å². The number of nitrogens with one attached hydrogen (secondary N) is 1. The van der Waals surface area contributed by atoms with Crippen LogP contribution in [0.4, 0.5) is 5.13 Å². The van der Waals surface area contributed by atoms with Gasteiger partial charge in [0, 0.05) is 23.5 Å². The van der Waals surface area contributed by atoms with Crippen LogP contribution < -0.4 is 5.32 Å². The summed E-state index contributed by atoms with van der Waals surface area (Å²) in [6.45, 7) is 2.75. The Kier molecular flexibility index (Phi) is 7.85. The summed E-state index contributed by atoms with van der Waals surface area (Å²) in [5, 5.41) is 5.31. The van der Waals surface area contributed by atoms with E-state index < -0.39 is 15.9 Å². The number of thiophene rings is 1.